The summed E-state index contributed by atoms with van der Waals surface area (Å²) in [7, 11) is 0. The van der Waals surface area contributed by atoms with E-state index in [0.717, 1.165) is 10.6 Å². The highest BCUT2D eigenvalue weighted by Gasteiger charge is 2.21. The van der Waals surface area contributed by atoms with E-state index in [0.29, 0.717) is 17.0 Å². The normalized spacial score (nSPS) is 12.0. The van der Waals surface area contributed by atoms with Gasteiger partial charge in [0.05, 0.1) is 28.4 Å². The van der Waals surface area contributed by atoms with Gasteiger partial charge in [-0.05, 0) is 42.6 Å². The van der Waals surface area contributed by atoms with E-state index in [9.17, 15) is 4.79 Å². The topological polar surface area (TPSA) is 60.1 Å². The molecule has 0 bridgehead atoms. The highest BCUT2D eigenvalue weighted by molar-refractivity contribution is 7.13. The zero-order chi connectivity index (χ0) is 17.9. The second-order valence-electron chi connectivity index (χ2n) is 5.86. The molecule has 6 heteroatoms. The minimum absolute atomic E-state index is 0.181. The molecule has 0 saturated heterocycles. The Hall–Kier alpha value is -3.12. The lowest BCUT2D eigenvalue weighted by Crippen LogP contribution is -2.26. The maximum atomic E-state index is 12.9. The van der Waals surface area contributed by atoms with E-state index in [2.05, 4.69) is 10.4 Å². The first-order valence-corrected chi connectivity index (χ1v) is 9.13. The molecule has 0 aliphatic carbocycles. The number of carbonyl (C=O) groups is 1. The minimum Gasteiger partial charge on any atom is -0.467 e. The largest absolute Gasteiger partial charge is 0.467 e. The van der Waals surface area contributed by atoms with Gasteiger partial charge in [-0.25, -0.2) is 4.68 Å². The highest BCUT2D eigenvalue weighted by Crippen LogP contribution is 2.28. The van der Waals surface area contributed by atoms with Crippen LogP contribution in [0.4, 0.5) is 0 Å². The number of thiophene rings is 1. The molecule has 4 aromatic rings. The van der Waals surface area contributed by atoms with Crippen LogP contribution in [0.2, 0.25) is 0 Å². The van der Waals surface area contributed by atoms with E-state index in [1.165, 1.54) is 0 Å². The Bertz CT molecular complexity index is 989. The van der Waals surface area contributed by atoms with Crippen molar-refractivity contribution in [3.8, 4) is 16.3 Å². The van der Waals surface area contributed by atoms with E-state index in [-0.39, 0.29) is 11.9 Å². The van der Waals surface area contributed by atoms with Gasteiger partial charge in [0, 0.05) is 6.20 Å². The van der Waals surface area contributed by atoms with Crippen LogP contribution in [0.25, 0.3) is 16.3 Å². The summed E-state index contributed by atoms with van der Waals surface area (Å²) in [5, 5.41) is 9.62. The van der Waals surface area contributed by atoms with Gasteiger partial charge in [-0.3, -0.25) is 4.79 Å². The van der Waals surface area contributed by atoms with Crippen LogP contribution in [0, 0.1) is 0 Å². The van der Waals surface area contributed by atoms with Crippen LogP contribution in [-0.4, -0.2) is 15.7 Å². The van der Waals surface area contributed by atoms with Crippen molar-refractivity contribution in [3.63, 3.8) is 0 Å². The molecule has 3 aromatic heterocycles. The van der Waals surface area contributed by atoms with Gasteiger partial charge in [0.2, 0.25) is 0 Å². The molecule has 3 heterocycles. The molecule has 1 aromatic carbocycles. The quantitative estimate of drug-likeness (QED) is 0.560. The van der Waals surface area contributed by atoms with Crippen molar-refractivity contribution in [1.29, 1.82) is 0 Å². The molecular formula is C20H17N3O2S. The summed E-state index contributed by atoms with van der Waals surface area (Å²) < 4.78 is 7.11. The number of hydrogen-bond donors (Lipinski definition) is 1. The summed E-state index contributed by atoms with van der Waals surface area (Å²) in [4.78, 5) is 13.9. The number of carbonyl (C=O) groups excluding carboxylic acids is 1. The number of amides is 1. The van der Waals surface area contributed by atoms with Gasteiger partial charge < -0.3 is 9.73 Å². The van der Waals surface area contributed by atoms with Crippen LogP contribution >= 0.6 is 11.3 Å². The third kappa shape index (κ3) is 3.19. The molecule has 1 N–H and O–H groups in total. The zero-order valence-electron chi connectivity index (χ0n) is 14.1. The molecule has 0 radical (unpaired) electrons. The molecule has 0 fully saturated rings. The van der Waals surface area contributed by atoms with Gasteiger partial charge >= 0.3 is 0 Å². The Morgan fingerprint density at radius 1 is 1.15 bits per heavy atom. The van der Waals surface area contributed by atoms with Gasteiger partial charge in [0.25, 0.3) is 5.91 Å². The molecule has 130 valence electrons. The molecule has 0 aliphatic rings. The lowest BCUT2D eigenvalue weighted by Gasteiger charge is -2.11. The predicted molar refractivity (Wildman–Crippen MR) is 101 cm³/mol. The first kappa shape index (κ1) is 16.4. The fourth-order valence-corrected chi connectivity index (χ4v) is 3.45. The number of hydrogen-bond acceptors (Lipinski definition) is 4. The van der Waals surface area contributed by atoms with Gasteiger partial charge in [-0.2, -0.15) is 5.10 Å². The molecule has 0 saturated carbocycles. The average Bonchev–Trinajstić information content (AvgIpc) is 3.43. The molecule has 0 unspecified atom stereocenters. The molecule has 26 heavy (non-hydrogen) atoms. The maximum Gasteiger partial charge on any atom is 0.255 e. The number of benzene rings is 1. The number of nitrogens with zero attached hydrogens (tertiary/aromatic N) is 2. The second-order valence-corrected chi connectivity index (χ2v) is 6.81. The Balaban J connectivity index is 1.70. The van der Waals surface area contributed by atoms with Crippen LogP contribution in [0.1, 0.15) is 29.1 Å². The third-order valence-electron chi connectivity index (χ3n) is 4.05. The van der Waals surface area contributed by atoms with Crippen LogP contribution in [-0.2, 0) is 0 Å². The Morgan fingerprint density at radius 2 is 2.00 bits per heavy atom. The first-order valence-electron chi connectivity index (χ1n) is 8.25. The summed E-state index contributed by atoms with van der Waals surface area (Å²) in [6.07, 6.45) is 3.37. The predicted octanol–water partition coefficient (Wildman–Crippen LogP) is 4.68. The summed E-state index contributed by atoms with van der Waals surface area (Å²) >= 11 is 1.56. The van der Waals surface area contributed by atoms with Crippen LogP contribution in [0.15, 0.2) is 76.9 Å². The standard InChI is InChI=1S/C20H17N3O2S/c1-14(17-9-5-11-25-17)21-20(24)16-13-23(15-7-3-2-4-8-15)22-19(16)18-10-6-12-26-18/h2-14H,1H3,(H,21,24)/t14-/m1/s1. The number of nitrogens with one attached hydrogen (secondary N) is 1. The molecular weight excluding hydrogens is 346 g/mol. The first-order chi connectivity index (χ1) is 12.7. The van der Waals surface area contributed by atoms with E-state index in [1.54, 1.807) is 28.5 Å². The van der Waals surface area contributed by atoms with Crippen LogP contribution in [0.3, 0.4) is 0 Å². The van der Waals surface area contributed by atoms with E-state index in [4.69, 9.17) is 4.42 Å². The van der Waals surface area contributed by atoms with Crippen molar-refractivity contribution in [1.82, 2.24) is 15.1 Å². The SMILES string of the molecule is C[C@@H](NC(=O)c1cn(-c2ccccc2)nc1-c1cccs1)c1ccco1. The number of furan rings is 1. The van der Waals surface area contributed by atoms with Gasteiger partial charge in [-0.15, -0.1) is 11.3 Å². The number of para-hydroxylation sites is 1. The Kier molecular flexibility index (Phi) is 4.41. The van der Waals surface area contributed by atoms with Crippen molar-refractivity contribution in [3.05, 3.63) is 83.8 Å². The Labute approximate surface area is 154 Å². The van der Waals surface area contributed by atoms with Crippen molar-refractivity contribution in [2.45, 2.75) is 13.0 Å². The van der Waals surface area contributed by atoms with Gasteiger partial charge in [-0.1, -0.05) is 24.3 Å². The Morgan fingerprint density at radius 3 is 2.69 bits per heavy atom. The van der Waals surface area contributed by atoms with Crippen LogP contribution < -0.4 is 5.32 Å². The molecule has 1 atom stereocenters. The van der Waals surface area contributed by atoms with Crippen molar-refractivity contribution < 1.29 is 9.21 Å². The lowest BCUT2D eigenvalue weighted by atomic mass is 10.2. The average molecular weight is 363 g/mol. The van der Waals surface area contributed by atoms with E-state index < -0.39 is 0 Å². The molecule has 0 spiro atoms. The fourth-order valence-electron chi connectivity index (χ4n) is 2.73. The smallest absolute Gasteiger partial charge is 0.255 e. The lowest BCUT2D eigenvalue weighted by molar-refractivity contribution is 0.0936. The number of rotatable bonds is 5. The van der Waals surface area contributed by atoms with E-state index in [1.807, 2.05) is 66.9 Å². The van der Waals surface area contributed by atoms with Gasteiger partial charge in [0.1, 0.15) is 11.5 Å². The highest BCUT2D eigenvalue weighted by atomic mass is 32.1. The molecule has 0 aliphatic heterocycles. The van der Waals surface area contributed by atoms with E-state index >= 15 is 0 Å². The monoisotopic (exact) mass is 363 g/mol. The minimum atomic E-state index is -0.228. The fraction of sp³-hybridized carbons (Fsp3) is 0.100. The van der Waals surface area contributed by atoms with Gasteiger partial charge in [0.15, 0.2) is 0 Å². The van der Waals surface area contributed by atoms with Crippen molar-refractivity contribution >= 4 is 17.2 Å². The summed E-state index contributed by atoms with van der Waals surface area (Å²) in [5.74, 6) is 0.533. The van der Waals surface area contributed by atoms with Crippen molar-refractivity contribution in [2.24, 2.45) is 0 Å². The molecule has 5 nitrogen and oxygen atoms in total. The number of aromatic nitrogens is 2. The molecule has 1 amide bonds. The summed E-state index contributed by atoms with van der Waals surface area (Å²) in [5.41, 5.74) is 2.12. The second kappa shape index (κ2) is 7.01. The molecule has 4 rings (SSSR count). The summed E-state index contributed by atoms with van der Waals surface area (Å²) in [6.45, 7) is 1.89. The zero-order valence-corrected chi connectivity index (χ0v) is 14.9. The summed E-state index contributed by atoms with van der Waals surface area (Å²) in [6, 6.07) is 17.1. The van der Waals surface area contributed by atoms with Crippen LogP contribution in [0.5, 0.6) is 0 Å². The third-order valence-corrected chi connectivity index (χ3v) is 4.93. The maximum absolute atomic E-state index is 12.9. The van der Waals surface area contributed by atoms with Crippen molar-refractivity contribution in [2.75, 3.05) is 0 Å².